The van der Waals surface area contributed by atoms with E-state index < -0.39 is 40.6 Å². The average molecular weight is 337 g/mol. The van der Waals surface area contributed by atoms with Gasteiger partial charge in [-0.05, 0) is 38.1 Å². The van der Waals surface area contributed by atoms with Crippen molar-refractivity contribution in [1.82, 2.24) is 4.57 Å². The summed E-state index contributed by atoms with van der Waals surface area (Å²) < 4.78 is 23.8. The van der Waals surface area contributed by atoms with Gasteiger partial charge in [-0.2, -0.15) is 0 Å². The largest absolute Gasteiger partial charge is 0.503 e. The maximum Gasteiger partial charge on any atom is 0.359 e. The molecule has 0 saturated heterocycles. The predicted molar refractivity (Wildman–Crippen MR) is 81.0 cm³/mol. The Morgan fingerprint density at radius 1 is 0.958 bits per heavy atom. The first kappa shape index (κ1) is 17.3. The van der Waals surface area contributed by atoms with Gasteiger partial charge in [0, 0.05) is 5.69 Å². The number of ether oxygens (including phenoxy) is 2. The number of hydrogen-bond donors (Lipinski definition) is 2. The minimum absolute atomic E-state index is 0.0162. The third kappa shape index (κ3) is 3.03. The van der Waals surface area contributed by atoms with Crippen molar-refractivity contribution in [3.8, 4) is 17.2 Å². The number of nitrogens with zero attached hydrogens (tertiary/aromatic N) is 1. The summed E-state index contributed by atoms with van der Waals surface area (Å²) in [6.45, 7) is 3.16. The van der Waals surface area contributed by atoms with Crippen molar-refractivity contribution >= 4 is 11.9 Å². The summed E-state index contributed by atoms with van der Waals surface area (Å²) in [6.07, 6.45) is 0. The van der Waals surface area contributed by atoms with E-state index in [0.717, 1.165) is 16.7 Å². The minimum atomic E-state index is -0.954. The van der Waals surface area contributed by atoms with Gasteiger partial charge in [0.2, 0.25) is 0 Å². The van der Waals surface area contributed by atoms with E-state index in [4.69, 9.17) is 9.47 Å². The van der Waals surface area contributed by atoms with Crippen LogP contribution in [-0.4, -0.2) is 39.9 Å². The van der Waals surface area contributed by atoms with Crippen molar-refractivity contribution in [3.63, 3.8) is 0 Å². The lowest BCUT2D eigenvalue weighted by Gasteiger charge is -2.12. The fraction of sp³-hybridized carbons (Fsp3) is 0.250. The van der Waals surface area contributed by atoms with Crippen LogP contribution in [0, 0.1) is 5.82 Å². The Bertz CT molecular complexity index is 724. The second kappa shape index (κ2) is 7.03. The Morgan fingerprint density at radius 2 is 1.38 bits per heavy atom. The van der Waals surface area contributed by atoms with Crippen LogP contribution in [0.2, 0.25) is 0 Å². The smallest absolute Gasteiger partial charge is 0.359 e. The van der Waals surface area contributed by atoms with E-state index in [-0.39, 0.29) is 18.9 Å². The molecule has 0 saturated carbocycles. The van der Waals surface area contributed by atoms with Gasteiger partial charge in [-0.25, -0.2) is 14.0 Å². The molecule has 2 aromatic rings. The Hall–Kier alpha value is -3.03. The summed E-state index contributed by atoms with van der Waals surface area (Å²) in [7, 11) is 0. The number of hydrogen-bond acceptors (Lipinski definition) is 6. The Labute approximate surface area is 136 Å². The summed E-state index contributed by atoms with van der Waals surface area (Å²) in [4.78, 5) is 24.3. The van der Waals surface area contributed by atoms with Gasteiger partial charge in [0.15, 0.2) is 22.9 Å². The number of esters is 2. The summed E-state index contributed by atoms with van der Waals surface area (Å²) in [5.41, 5.74) is -0.744. The number of aromatic nitrogens is 1. The van der Waals surface area contributed by atoms with Crippen molar-refractivity contribution < 1.29 is 33.7 Å². The first-order valence-corrected chi connectivity index (χ1v) is 7.19. The van der Waals surface area contributed by atoms with Crippen LogP contribution in [-0.2, 0) is 9.47 Å². The molecule has 0 aliphatic rings. The molecule has 0 amide bonds. The highest BCUT2D eigenvalue weighted by Crippen LogP contribution is 2.39. The normalized spacial score (nSPS) is 10.5. The third-order valence-corrected chi connectivity index (χ3v) is 3.14. The van der Waals surface area contributed by atoms with Crippen molar-refractivity contribution in [3.05, 3.63) is 41.5 Å². The summed E-state index contributed by atoms with van der Waals surface area (Å²) in [5, 5.41) is 20.2. The minimum Gasteiger partial charge on any atom is -0.503 e. The topological polar surface area (TPSA) is 98.0 Å². The molecule has 1 heterocycles. The maximum absolute atomic E-state index is 13.2. The fourth-order valence-corrected chi connectivity index (χ4v) is 2.17. The maximum atomic E-state index is 13.2. The van der Waals surface area contributed by atoms with E-state index in [2.05, 4.69) is 0 Å². The molecule has 0 bridgehead atoms. The van der Waals surface area contributed by atoms with Crippen LogP contribution in [0.1, 0.15) is 34.8 Å². The van der Waals surface area contributed by atoms with Crippen LogP contribution in [0.15, 0.2) is 24.3 Å². The molecule has 1 aromatic carbocycles. The quantitative estimate of drug-likeness (QED) is 0.813. The van der Waals surface area contributed by atoms with Gasteiger partial charge in [-0.3, -0.25) is 4.57 Å². The monoisotopic (exact) mass is 337 g/mol. The van der Waals surface area contributed by atoms with E-state index >= 15 is 0 Å². The summed E-state index contributed by atoms with van der Waals surface area (Å²) in [5.74, 6) is -4.08. The predicted octanol–water partition coefficient (Wildman–Crippen LogP) is 2.38. The second-order valence-electron chi connectivity index (χ2n) is 4.65. The van der Waals surface area contributed by atoms with Crippen LogP contribution in [0.3, 0.4) is 0 Å². The standard InChI is InChI=1S/C16H16FNO6/c1-3-23-15(21)11-13(19)14(20)12(16(22)24-4-2)18(11)10-7-5-9(17)6-8-10/h5-8,19-20H,3-4H2,1-2H3. The van der Waals surface area contributed by atoms with Gasteiger partial charge >= 0.3 is 11.9 Å². The molecule has 7 nitrogen and oxygen atoms in total. The van der Waals surface area contributed by atoms with E-state index in [9.17, 15) is 24.2 Å². The third-order valence-electron chi connectivity index (χ3n) is 3.14. The van der Waals surface area contributed by atoms with Gasteiger partial charge in [0.1, 0.15) is 5.82 Å². The first-order chi connectivity index (χ1) is 11.4. The second-order valence-corrected chi connectivity index (χ2v) is 4.65. The van der Waals surface area contributed by atoms with Crippen molar-refractivity contribution in [1.29, 1.82) is 0 Å². The van der Waals surface area contributed by atoms with Crippen LogP contribution >= 0.6 is 0 Å². The molecule has 128 valence electrons. The number of carbonyl (C=O) groups excluding carboxylic acids is 2. The van der Waals surface area contributed by atoms with Crippen molar-refractivity contribution in [2.45, 2.75) is 13.8 Å². The highest BCUT2D eigenvalue weighted by Gasteiger charge is 2.33. The van der Waals surface area contributed by atoms with Gasteiger partial charge in [0.25, 0.3) is 0 Å². The fourth-order valence-electron chi connectivity index (χ4n) is 2.17. The van der Waals surface area contributed by atoms with Gasteiger partial charge in [-0.1, -0.05) is 0 Å². The van der Waals surface area contributed by atoms with Crippen LogP contribution in [0.25, 0.3) is 5.69 Å². The molecule has 0 unspecified atom stereocenters. The molecule has 0 radical (unpaired) electrons. The number of halogens is 1. The zero-order valence-electron chi connectivity index (χ0n) is 13.1. The highest BCUT2D eigenvalue weighted by molar-refractivity contribution is 6.00. The number of benzene rings is 1. The number of carbonyl (C=O) groups is 2. The molecule has 0 spiro atoms. The van der Waals surface area contributed by atoms with Crippen molar-refractivity contribution in [2.24, 2.45) is 0 Å². The lowest BCUT2D eigenvalue weighted by atomic mass is 10.3. The molecule has 2 N–H and O–H groups in total. The Balaban J connectivity index is 2.75. The molecule has 8 heteroatoms. The molecular weight excluding hydrogens is 321 g/mol. The zero-order chi connectivity index (χ0) is 17.9. The molecule has 1 aromatic heterocycles. The van der Waals surface area contributed by atoms with E-state index in [1.54, 1.807) is 13.8 Å². The van der Waals surface area contributed by atoms with E-state index in [1.165, 1.54) is 12.1 Å². The van der Waals surface area contributed by atoms with Gasteiger partial charge in [0.05, 0.1) is 13.2 Å². The number of rotatable bonds is 5. The Morgan fingerprint density at radius 3 is 1.75 bits per heavy atom. The van der Waals surface area contributed by atoms with Crippen LogP contribution in [0.4, 0.5) is 4.39 Å². The van der Waals surface area contributed by atoms with Crippen LogP contribution in [0.5, 0.6) is 11.5 Å². The van der Waals surface area contributed by atoms with Crippen molar-refractivity contribution in [2.75, 3.05) is 13.2 Å². The zero-order valence-corrected chi connectivity index (χ0v) is 13.1. The lowest BCUT2D eigenvalue weighted by Crippen LogP contribution is -2.16. The molecular formula is C16H16FNO6. The molecule has 24 heavy (non-hydrogen) atoms. The molecule has 0 atom stereocenters. The van der Waals surface area contributed by atoms with Gasteiger partial charge in [-0.15, -0.1) is 0 Å². The van der Waals surface area contributed by atoms with Crippen LogP contribution < -0.4 is 0 Å². The highest BCUT2D eigenvalue weighted by atomic mass is 19.1. The SMILES string of the molecule is CCOC(=O)c1c(O)c(O)c(C(=O)OCC)n1-c1ccc(F)cc1. The molecule has 2 rings (SSSR count). The molecule has 0 fully saturated rings. The number of aromatic hydroxyl groups is 2. The average Bonchev–Trinajstić information content (AvgIpc) is 2.80. The molecule has 0 aliphatic heterocycles. The van der Waals surface area contributed by atoms with E-state index in [0.29, 0.717) is 0 Å². The van der Waals surface area contributed by atoms with Gasteiger partial charge < -0.3 is 19.7 Å². The first-order valence-electron chi connectivity index (χ1n) is 7.19. The Kier molecular flexibility index (Phi) is 5.08. The summed E-state index contributed by atoms with van der Waals surface area (Å²) in [6, 6.07) is 4.76. The lowest BCUT2D eigenvalue weighted by molar-refractivity contribution is 0.0508. The molecule has 0 aliphatic carbocycles. The summed E-state index contributed by atoms with van der Waals surface area (Å²) >= 11 is 0. The van der Waals surface area contributed by atoms with E-state index in [1.807, 2.05) is 0 Å².